The van der Waals surface area contributed by atoms with Crippen molar-refractivity contribution in [2.75, 3.05) is 6.26 Å². The number of thiazole rings is 1. The van der Waals surface area contributed by atoms with Gasteiger partial charge in [0.1, 0.15) is 11.1 Å². The van der Waals surface area contributed by atoms with Gasteiger partial charge in [0.2, 0.25) is 24.2 Å². The van der Waals surface area contributed by atoms with E-state index < -0.39 is 30.9 Å². The molecular formula is C22H23FN2O4S3. The van der Waals surface area contributed by atoms with Crippen LogP contribution < -0.4 is 0 Å². The lowest BCUT2D eigenvalue weighted by molar-refractivity contribution is 0.279. The molecule has 1 fully saturated rings. The first kappa shape index (κ1) is 23.0. The number of nitrogens with zero attached hydrogens (tertiary/aromatic N) is 2. The fourth-order valence-electron chi connectivity index (χ4n) is 3.91. The second-order valence-electron chi connectivity index (χ2n) is 7.99. The zero-order valence-electron chi connectivity index (χ0n) is 17.6. The topological polar surface area (TPSA) is 84.4 Å². The molecule has 0 bridgehead atoms. The van der Waals surface area contributed by atoms with Crippen molar-refractivity contribution in [2.24, 2.45) is 0 Å². The number of halogens is 1. The van der Waals surface area contributed by atoms with Crippen LogP contribution in [-0.2, 0) is 26.4 Å². The Labute approximate surface area is 191 Å². The van der Waals surface area contributed by atoms with Crippen LogP contribution in [0.25, 0.3) is 11.3 Å². The van der Waals surface area contributed by atoms with E-state index in [4.69, 9.17) is 0 Å². The Morgan fingerprint density at radius 3 is 2.50 bits per heavy atom. The summed E-state index contributed by atoms with van der Waals surface area (Å²) in [6.45, 7) is 1.78. The fraction of sp³-hybridized carbons (Fsp3) is 0.318. The third-order valence-electron chi connectivity index (χ3n) is 5.67. The maximum Gasteiger partial charge on any atom is 0.221 e. The number of rotatable bonds is 5. The Bertz CT molecular complexity index is 1340. The van der Waals surface area contributed by atoms with Gasteiger partial charge in [0.15, 0.2) is 0 Å². The van der Waals surface area contributed by atoms with Gasteiger partial charge in [-0.3, -0.25) is 0 Å². The Morgan fingerprint density at radius 2 is 1.88 bits per heavy atom. The van der Waals surface area contributed by atoms with Gasteiger partial charge in [-0.15, -0.1) is 11.3 Å². The van der Waals surface area contributed by atoms with E-state index in [1.54, 1.807) is 17.5 Å². The predicted octanol–water partition coefficient (Wildman–Crippen LogP) is 4.41. The molecule has 1 aliphatic rings. The third kappa shape index (κ3) is 4.50. The van der Waals surface area contributed by atoms with Crippen molar-refractivity contribution < 1.29 is 21.2 Å². The van der Waals surface area contributed by atoms with Gasteiger partial charge in [-0.25, -0.2) is 26.2 Å². The molecule has 2 unspecified atom stereocenters. The summed E-state index contributed by atoms with van der Waals surface area (Å²) in [5.74, 6) is -0.555. The predicted molar refractivity (Wildman–Crippen MR) is 123 cm³/mol. The van der Waals surface area contributed by atoms with E-state index in [9.17, 15) is 21.2 Å². The number of sulfonamides is 1. The highest BCUT2D eigenvalue weighted by molar-refractivity contribution is 7.92. The lowest BCUT2D eigenvalue weighted by Crippen LogP contribution is -2.44. The van der Waals surface area contributed by atoms with Crippen LogP contribution in [0.15, 0.2) is 58.3 Å². The van der Waals surface area contributed by atoms with Crippen LogP contribution >= 0.6 is 11.3 Å². The highest BCUT2D eigenvalue weighted by Crippen LogP contribution is 2.38. The minimum absolute atomic E-state index is 0.0304. The van der Waals surface area contributed by atoms with Gasteiger partial charge >= 0.3 is 0 Å². The van der Waals surface area contributed by atoms with E-state index in [0.717, 1.165) is 23.2 Å². The molecule has 0 radical (unpaired) electrons. The SMILES string of the molecule is CC1CCC(c2ccccc2)S(=O)(=O)N1Cc1ccc(-c2csc(S(C)(=O)=O)n2)cc1F. The number of hydrogen-bond donors (Lipinski definition) is 0. The van der Waals surface area contributed by atoms with Crippen LogP contribution in [0.5, 0.6) is 0 Å². The molecule has 0 aliphatic carbocycles. The Hall–Kier alpha value is -2.14. The van der Waals surface area contributed by atoms with Gasteiger partial charge in [0, 0.05) is 35.3 Å². The molecule has 0 saturated carbocycles. The van der Waals surface area contributed by atoms with Gasteiger partial charge in [-0.05, 0) is 31.4 Å². The van der Waals surface area contributed by atoms with Crippen molar-refractivity contribution in [1.82, 2.24) is 9.29 Å². The normalized spacial score (nSPS) is 21.5. The summed E-state index contributed by atoms with van der Waals surface area (Å²) in [7, 11) is -7.10. The Kier molecular flexibility index (Phi) is 6.23. The minimum Gasteiger partial charge on any atom is -0.225 e. The number of benzene rings is 2. The molecular weight excluding hydrogens is 471 g/mol. The second-order valence-corrected chi connectivity index (χ2v) is 13.1. The molecule has 3 aromatic rings. The fourth-order valence-corrected chi connectivity index (χ4v) is 7.76. The summed E-state index contributed by atoms with van der Waals surface area (Å²) in [5.41, 5.74) is 1.81. The molecule has 1 aromatic heterocycles. The highest BCUT2D eigenvalue weighted by Gasteiger charge is 2.40. The van der Waals surface area contributed by atoms with Crippen molar-refractivity contribution in [3.8, 4) is 11.3 Å². The maximum atomic E-state index is 15.0. The first-order valence-electron chi connectivity index (χ1n) is 10.1. The average molecular weight is 495 g/mol. The Balaban J connectivity index is 1.61. The minimum atomic E-state index is -3.67. The molecule has 4 rings (SSSR count). The van der Waals surface area contributed by atoms with E-state index in [0.29, 0.717) is 24.1 Å². The molecule has 170 valence electrons. The van der Waals surface area contributed by atoms with Crippen molar-refractivity contribution in [3.63, 3.8) is 0 Å². The maximum absolute atomic E-state index is 15.0. The van der Waals surface area contributed by atoms with E-state index in [2.05, 4.69) is 4.98 Å². The lowest BCUT2D eigenvalue weighted by Gasteiger charge is -2.37. The summed E-state index contributed by atoms with van der Waals surface area (Å²) in [6, 6.07) is 13.3. The summed E-state index contributed by atoms with van der Waals surface area (Å²) in [6.07, 6.45) is 2.28. The van der Waals surface area contributed by atoms with Crippen LogP contribution in [0, 0.1) is 5.82 Å². The van der Waals surface area contributed by atoms with E-state index >= 15 is 0 Å². The first-order valence-corrected chi connectivity index (χ1v) is 14.3. The van der Waals surface area contributed by atoms with Crippen molar-refractivity contribution >= 4 is 31.2 Å². The summed E-state index contributed by atoms with van der Waals surface area (Å²) in [4.78, 5) is 4.07. The molecule has 0 amide bonds. The van der Waals surface area contributed by atoms with E-state index in [-0.39, 0.29) is 22.5 Å². The largest absolute Gasteiger partial charge is 0.225 e. The molecule has 0 spiro atoms. The molecule has 1 aliphatic heterocycles. The molecule has 2 aromatic carbocycles. The van der Waals surface area contributed by atoms with Gasteiger partial charge in [-0.2, -0.15) is 4.31 Å². The molecule has 10 heteroatoms. The molecule has 6 nitrogen and oxygen atoms in total. The van der Waals surface area contributed by atoms with Gasteiger partial charge in [-0.1, -0.05) is 42.5 Å². The van der Waals surface area contributed by atoms with Crippen LogP contribution in [0.3, 0.4) is 0 Å². The third-order valence-corrected chi connectivity index (χ3v) is 10.6. The molecule has 0 N–H and O–H groups in total. The number of hydrogen-bond acceptors (Lipinski definition) is 6. The van der Waals surface area contributed by atoms with Crippen LogP contribution in [0.1, 0.15) is 36.1 Å². The smallest absolute Gasteiger partial charge is 0.221 e. The van der Waals surface area contributed by atoms with Gasteiger partial charge in [0.05, 0.1) is 5.69 Å². The summed E-state index contributed by atoms with van der Waals surface area (Å²) in [5, 5.41) is 0.915. The second kappa shape index (κ2) is 8.66. The van der Waals surface area contributed by atoms with Crippen molar-refractivity contribution in [1.29, 1.82) is 0 Å². The molecule has 1 saturated heterocycles. The number of aromatic nitrogens is 1. The van der Waals surface area contributed by atoms with Crippen molar-refractivity contribution in [2.45, 2.75) is 41.9 Å². The Morgan fingerprint density at radius 1 is 1.16 bits per heavy atom. The molecule has 2 heterocycles. The molecule has 32 heavy (non-hydrogen) atoms. The highest BCUT2D eigenvalue weighted by atomic mass is 32.2. The summed E-state index contributed by atoms with van der Waals surface area (Å²) < 4.78 is 66.4. The standard InChI is InChI=1S/C22H23FN2O4S3/c1-15-8-11-21(16-6-4-3-5-7-16)32(28,29)25(15)13-18-10-9-17(12-19(18)23)20-14-30-22(24-20)31(2,26)27/h3-7,9-10,12,14-15,21H,8,11,13H2,1-2H3. The first-order chi connectivity index (χ1) is 15.1. The number of sulfone groups is 1. The lowest BCUT2D eigenvalue weighted by atomic mass is 10.0. The van der Waals surface area contributed by atoms with E-state index in [1.165, 1.54) is 10.4 Å². The average Bonchev–Trinajstić information content (AvgIpc) is 3.23. The van der Waals surface area contributed by atoms with E-state index in [1.807, 2.05) is 37.3 Å². The van der Waals surface area contributed by atoms with Crippen LogP contribution in [0.2, 0.25) is 0 Å². The zero-order chi connectivity index (χ0) is 23.1. The van der Waals surface area contributed by atoms with Crippen molar-refractivity contribution in [3.05, 3.63) is 70.9 Å². The van der Waals surface area contributed by atoms with Crippen LogP contribution in [0.4, 0.5) is 4.39 Å². The van der Waals surface area contributed by atoms with Gasteiger partial charge in [0.25, 0.3) is 0 Å². The zero-order valence-corrected chi connectivity index (χ0v) is 20.1. The summed E-state index contributed by atoms with van der Waals surface area (Å²) >= 11 is 0.979. The molecule has 2 atom stereocenters. The van der Waals surface area contributed by atoms with Gasteiger partial charge < -0.3 is 0 Å². The monoisotopic (exact) mass is 494 g/mol. The van der Waals surface area contributed by atoms with Crippen LogP contribution in [-0.4, -0.2) is 38.4 Å². The quantitative estimate of drug-likeness (QED) is 0.525.